The summed E-state index contributed by atoms with van der Waals surface area (Å²) in [7, 11) is 3.66. The van der Waals surface area contributed by atoms with Gasteiger partial charge in [0.15, 0.2) is 0 Å². The first kappa shape index (κ1) is 10.9. The van der Waals surface area contributed by atoms with Crippen LogP contribution in [0.2, 0.25) is 0 Å². The molecule has 3 nitrogen and oxygen atoms in total. The van der Waals surface area contributed by atoms with E-state index in [0.717, 1.165) is 24.4 Å². The highest BCUT2D eigenvalue weighted by atomic mass is 16.5. The lowest BCUT2D eigenvalue weighted by Gasteiger charge is -2.19. The summed E-state index contributed by atoms with van der Waals surface area (Å²) in [5.74, 6) is 0.860. The Bertz CT molecular complexity index is 276. The summed E-state index contributed by atoms with van der Waals surface area (Å²) in [6.45, 7) is 1.08. The quantitative estimate of drug-likeness (QED) is 0.773. The first-order valence-corrected chi connectivity index (χ1v) is 4.74. The summed E-state index contributed by atoms with van der Waals surface area (Å²) in [5, 5.41) is 8.71. The largest absolute Gasteiger partial charge is 0.497 e. The molecule has 0 radical (unpaired) electrons. The van der Waals surface area contributed by atoms with Gasteiger partial charge >= 0.3 is 0 Å². The maximum Gasteiger partial charge on any atom is 0.120 e. The molecule has 78 valence electrons. The third kappa shape index (κ3) is 2.92. The molecule has 0 aliphatic carbocycles. The lowest BCUT2D eigenvalue weighted by molar-refractivity contribution is 0.290. The standard InChI is InChI=1S/C11H17NO2/c1-12(7-4-8-13)10-5-3-6-11(9-10)14-2/h3,5-6,9,13H,4,7-8H2,1-2H3. The van der Waals surface area contributed by atoms with Crippen LogP contribution < -0.4 is 9.64 Å². The molecule has 0 spiro atoms. The molecule has 0 saturated carbocycles. The molecular formula is C11H17NO2. The number of benzene rings is 1. The fourth-order valence-electron chi connectivity index (χ4n) is 1.28. The predicted octanol–water partition coefficient (Wildman–Crippen LogP) is 1.51. The van der Waals surface area contributed by atoms with Crippen molar-refractivity contribution in [1.82, 2.24) is 0 Å². The average molecular weight is 195 g/mol. The minimum absolute atomic E-state index is 0.230. The minimum Gasteiger partial charge on any atom is -0.497 e. The second-order valence-corrected chi connectivity index (χ2v) is 3.20. The lowest BCUT2D eigenvalue weighted by atomic mass is 10.2. The number of methoxy groups -OCH3 is 1. The Hall–Kier alpha value is -1.22. The van der Waals surface area contributed by atoms with Crippen LogP contribution in [0.15, 0.2) is 24.3 Å². The van der Waals surface area contributed by atoms with Crippen molar-refractivity contribution in [3.63, 3.8) is 0 Å². The molecule has 0 heterocycles. The van der Waals surface area contributed by atoms with Crippen LogP contribution in [0.1, 0.15) is 6.42 Å². The van der Waals surface area contributed by atoms with Crippen LogP contribution in [-0.4, -0.2) is 32.4 Å². The molecule has 0 aliphatic rings. The third-order valence-electron chi connectivity index (χ3n) is 2.15. The summed E-state index contributed by atoms with van der Waals surface area (Å²) in [5.41, 5.74) is 1.11. The normalized spacial score (nSPS) is 9.93. The van der Waals surface area contributed by atoms with Crippen LogP contribution in [0.4, 0.5) is 5.69 Å². The van der Waals surface area contributed by atoms with Crippen molar-refractivity contribution in [2.75, 3.05) is 32.2 Å². The smallest absolute Gasteiger partial charge is 0.120 e. The maximum absolute atomic E-state index is 8.71. The fourth-order valence-corrected chi connectivity index (χ4v) is 1.28. The fraction of sp³-hybridized carbons (Fsp3) is 0.455. The van der Waals surface area contributed by atoms with Gasteiger partial charge in [-0.15, -0.1) is 0 Å². The first-order chi connectivity index (χ1) is 6.77. The molecule has 14 heavy (non-hydrogen) atoms. The van der Waals surface area contributed by atoms with Gasteiger partial charge in [-0.05, 0) is 18.6 Å². The van der Waals surface area contributed by atoms with E-state index in [2.05, 4.69) is 4.90 Å². The van der Waals surface area contributed by atoms with E-state index in [1.807, 2.05) is 31.3 Å². The highest BCUT2D eigenvalue weighted by Gasteiger charge is 2.00. The Balaban J connectivity index is 2.64. The van der Waals surface area contributed by atoms with Gasteiger partial charge in [0.1, 0.15) is 5.75 Å². The molecule has 3 heteroatoms. The average Bonchev–Trinajstić information content (AvgIpc) is 2.26. The zero-order valence-corrected chi connectivity index (χ0v) is 8.73. The Morgan fingerprint density at radius 1 is 1.43 bits per heavy atom. The van der Waals surface area contributed by atoms with Crippen LogP contribution in [0.3, 0.4) is 0 Å². The Labute approximate surface area is 84.9 Å². The van der Waals surface area contributed by atoms with E-state index >= 15 is 0 Å². The topological polar surface area (TPSA) is 32.7 Å². The predicted molar refractivity (Wildman–Crippen MR) is 58.0 cm³/mol. The van der Waals surface area contributed by atoms with Crippen LogP contribution >= 0.6 is 0 Å². The molecule has 0 unspecified atom stereocenters. The van der Waals surface area contributed by atoms with Crippen molar-refractivity contribution in [2.24, 2.45) is 0 Å². The molecule has 1 rings (SSSR count). The minimum atomic E-state index is 0.230. The van der Waals surface area contributed by atoms with Gasteiger partial charge in [0, 0.05) is 32.0 Å². The molecule has 0 bridgehead atoms. The van der Waals surface area contributed by atoms with E-state index in [9.17, 15) is 0 Å². The molecule has 0 saturated heterocycles. The highest BCUT2D eigenvalue weighted by molar-refractivity contribution is 5.49. The van der Waals surface area contributed by atoms with Gasteiger partial charge in [-0.2, -0.15) is 0 Å². The summed E-state index contributed by atoms with van der Waals surface area (Å²) in [6.07, 6.45) is 0.785. The highest BCUT2D eigenvalue weighted by Crippen LogP contribution is 2.19. The molecular weight excluding hydrogens is 178 g/mol. The Kier molecular flexibility index (Phi) is 4.26. The van der Waals surface area contributed by atoms with Crippen LogP contribution in [0.25, 0.3) is 0 Å². The van der Waals surface area contributed by atoms with Crippen LogP contribution in [-0.2, 0) is 0 Å². The molecule has 0 aliphatic heterocycles. The summed E-state index contributed by atoms with van der Waals surface area (Å²) in [6, 6.07) is 7.89. The number of rotatable bonds is 5. The van der Waals surface area contributed by atoms with Gasteiger partial charge in [-0.1, -0.05) is 6.07 Å². The van der Waals surface area contributed by atoms with Gasteiger partial charge in [-0.25, -0.2) is 0 Å². The number of aliphatic hydroxyl groups is 1. The van der Waals surface area contributed by atoms with E-state index in [0.29, 0.717) is 0 Å². The van der Waals surface area contributed by atoms with Gasteiger partial charge in [-0.3, -0.25) is 0 Å². The van der Waals surface area contributed by atoms with Crippen molar-refractivity contribution in [1.29, 1.82) is 0 Å². The van der Waals surface area contributed by atoms with Crippen LogP contribution in [0, 0.1) is 0 Å². The molecule has 0 aromatic heterocycles. The van der Waals surface area contributed by atoms with E-state index in [-0.39, 0.29) is 6.61 Å². The molecule has 1 aromatic rings. The van der Waals surface area contributed by atoms with E-state index in [1.54, 1.807) is 7.11 Å². The second-order valence-electron chi connectivity index (χ2n) is 3.20. The zero-order valence-electron chi connectivity index (χ0n) is 8.73. The number of anilines is 1. The van der Waals surface area contributed by atoms with E-state index < -0.39 is 0 Å². The summed E-state index contributed by atoms with van der Waals surface area (Å²) < 4.78 is 5.13. The van der Waals surface area contributed by atoms with Crippen molar-refractivity contribution in [3.8, 4) is 5.75 Å². The monoisotopic (exact) mass is 195 g/mol. The lowest BCUT2D eigenvalue weighted by Crippen LogP contribution is -2.19. The van der Waals surface area contributed by atoms with E-state index in [4.69, 9.17) is 9.84 Å². The molecule has 0 fully saturated rings. The van der Waals surface area contributed by atoms with Gasteiger partial charge < -0.3 is 14.7 Å². The van der Waals surface area contributed by atoms with Crippen LogP contribution in [0.5, 0.6) is 5.75 Å². The third-order valence-corrected chi connectivity index (χ3v) is 2.15. The number of aliphatic hydroxyl groups excluding tert-OH is 1. The van der Waals surface area contributed by atoms with Crippen molar-refractivity contribution < 1.29 is 9.84 Å². The maximum atomic E-state index is 8.71. The summed E-state index contributed by atoms with van der Waals surface area (Å²) >= 11 is 0. The number of ether oxygens (including phenoxy) is 1. The second kappa shape index (κ2) is 5.50. The van der Waals surface area contributed by atoms with Gasteiger partial charge in [0.25, 0.3) is 0 Å². The van der Waals surface area contributed by atoms with Crippen molar-refractivity contribution >= 4 is 5.69 Å². The van der Waals surface area contributed by atoms with E-state index in [1.165, 1.54) is 0 Å². The molecule has 1 aromatic carbocycles. The van der Waals surface area contributed by atoms with Gasteiger partial charge in [0.2, 0.25) is 0 Å². The zero-order chi connectivity index (χ0) is 10.4. The van der Waals surface area contributed by atoms with Gasteiger partial charge in [0.05, 0.1) is 7.11 Å². The SMILES string of the molecule is COc1cccc(N(C)CCCO)c1. The Morgan fingerprint density at radius 3 is 2.86 bits per heavy atom. The Morgan fingerprint density at radius 2 is 2.21 bits per heavy atom. The van der Waals surface area contributed by atoms with Crippen molar-refractivity contribution in [3.05, 3.63) is 24.3 Å². The molecule has 0 atom stereocenters. The number of nitrogens with zero attached hydrogens (tertiary/aromatic N) is 1. The number of hydrogen-bond donors (Lipinski definition) is 1. The summed E-state index contributed by atoms with van der Waals surface area (Å²) in [4.78, 5) is 2.10. The molecule has 1 N–H and O–H groups in total. The first-order valence-electron chi connectivity index (χ1n) is 4.74. The molecule has 0 amide bonds. The van der Waals surface area contributed by atoms with Crippen molar-refractivity contribution in [2.45, 2.75) is 6.42 Å². The number of hydrogen-bond acceptors (Lipinski definition) is 3.